The SMILES string of the molecule is COc1ccc(S(=O)(=O)N2CCCCC2)cc1NC(=O)Cn1ccnc1. The highest BCUT2D eigenvalue weighted by atomic mass is 32.2. The van der Waals surface area contributed by atoms with Crippen molar-refractivity contribution in [1.29, 1.82) is 0 Å². The van der Waals surface area contributed by atoms with E-state index in [1.165, 1.54) is 29.9 Å². The first-order valence-electron chi connectivity index (χ1n) is 8.44. The largest absolute Gasteiger partial charge is 0.495 e. The molecule has 1 amide bonds. The predicted molar refractivity (Wildman–Crippen MR) is 96.5 cm³/mol. The van der Waals surface area contributed by atoms with Crippen molar-refractivity contribution < 1.29 is 17.9 Å². The number of aromatic nitrogens is 2. The van der Waals surface area contributed by atoms with Gasteiger partial charge in [-0.05, 0) is 31.0 Å². The molecule has 3 rings (SSSR count). The molecule has 1 saturated heterocycles. The number of anilines is 1. The lowest BCUT2D eigenvalue weighted by molar-refractivity contribution is -0.116. The van der Waals surface area contributed by atoms with Crippen molar-refractivity contribution >= 4 is 21.6 Å². The summed E-state index contributed by atoms with van der Waals surface area (Å²) in [4.78, 5) is 16.3. The highest BCUT2D eigenvalue weighted by molar-refractivity contribution is 7.89. The Morgan fingerprint density at radius 1 is 1.27 bits per heavy atom. The van der Waals surface area contributed by atoms with Gasteiger partial charge in [-0.1, -0.05) is 6.42 Å². The minimum Gasteiger partial charge on any atom is -0.495 e. The maximum atomic E-state index is 12.8. The van der Waals surface area contributed by atoms with E-state index < -0.39 is 10.0 Å². The summed E-state index contributed by atoms with van der Waals surface area (Å²) in [5, 5.41) is 2.72. The van der Waals surface area contributed by atoms with Gasteiger partial charge in [0.15, 0.2) is 0 Å². The Hall–Kier alpha value is -2.39. The maximum absolute atomic E-state index is 12.8. The average molecular weight is 378 g/mol. The van der Waals surface area contributed by atoms with Crippen molar-refractivity contribution in [3.8, 4) is 5.75 Å². The van der Waals surface area contributed by atoms with Gasteiger partial charge in [0.25, 0.3) is 0 Å². The monoisotopic (exact) mass is 378 g/mol. The number of nitrogens with zero attached hydrogens (tertiary/aromatic N) is 3. The molecule has 9 heteroatoms. The number of imidazole rings is 1. The van der Waals surface area contributed by atoms with Gasteiger partial charge in [0.1, 0.15) is 12.3 Å². The molecule has 1 aromatic heterocycles. The number of piperidine rings is 1. The van der Waals surface area contributed by atoms with E-state index in [2.05, 4.69) is 10.3 Å². The van der Waals surface area contributed by atoms with Gasteiger partial charge in [-0.25, -0.2) is 13.4 Å². The molecule has 1 fully saturated rings. The smallest absolute Gasteiger partial charge is 0.244 e. The zero-order valence-corrected chi connectivity index (χ0v) is 15.4. The number of amides is 1. The van der Waals surface area contributed by atoms with Crippen LogP contribution in [0.25, 0.3) is 0 Å². The second-order valence-corrected chi connectivity index (χ2v) is 8.05. The summed E-state index contributed by atoms with van der Waals surface area (Å²) in [7, 11) is -2.11. The fraction of sp³-hybridized carbons (Fsp3) is 0.412. The Kier molecular flexibility index (Phi) is 5.58. The normalized spacial score (nSPS) is 15.6. The standard InChI is InChI=1S/C17H22N4O4S/c1-25-16-6-5-14(26(23,24)21-8-3-2-4-9-21)11-15(16)19-17(22)12-20-10-7-18-13-20/h5-7,10-11,13H,2-4,8-9,12H2,1H3,(H,19,22). The lowest BCUT2D eigenvalue weighted by Gasteiger charge is -2.26. The number of rotatable bonds is 6. The molecule has 26 heavy (non-hydrogen) atoms. The Morgan fingerprint density at radius 2 is 2.04 bits per heavy atom. The third kappa shape index (κ3) is 4.05. The minimum absolute atomic E-state index is 0.0757. The van der Waals surface area contributed by atoms with Gasteiger partial charge < -0.3 is 14.6 Å². The number of ether oxygens (including phenoxy) is 1. The average Bonchev–Trinajstić information content (AvgIpc) is 3.15. The van der Waals surface area contributed by atoms with Crippen LogP contribution >= 0.6 is 0 Å². The first-order chi connectivity index (χ1) is 12.5. The number of sulfonamides is 1. The highest BCUT2D eigenvalue weighted by Crippen LogP contribution is 2.30. The summed E-state index contributed by atoms with van der Waals surface area (Å²) in [6.45, 7) is 1.12. The second-order valence-electron chi connectivity index (χ2n) is 6.11. The van der Waals surface area contributed by atoms with Crippen molar-refractivity contribution in [2.24, 2.45) is 0 Å². The van der Waals surface area contributed by atoms with Gasteiger partial charge in [-0.3, -0.25) is 4.79 Å². The first-order valence-corrected chi connectivity index (χ1v) is 9.88. The number of carbonyl (C=O) groups excluding carboxylic acids is 1. The summed E-state index contributed by atoms with van der Waals surface area (Å²) in [5.41, 5.74) is 0.329. The van der Waals surface area contributed by atoms with E-state index in [1.54, 1.807) is 23.0 Å². The Labute approximate surface area is 152 Å². The van der Waals surface area contributed by atoms with Gasteiger partial charge in [-0.2, -0.15) is 4.31 Å². The summed E-state index contributed by atoms with van der Waals surface area (Å²) in [5.74, 6) is 0.107. The van der Waals surface area contributed by atoms with Gasteiger partial charge in [0.05, 0.1) is 24.0 Å². The molecule has 2 heterocycles. The molecule has 0 spiro atoms. The molecular weight excluding hydrogens is 356 g/mol. The third-order valence-corrected chi connectivity index (χ3v) is 6.18. The quantitative estimate of drug-likeness (QED) is 0.826. The third-order valence-electron chi connectivity index (χ3n) is 4.28. The van der Waals surface area contributed by atoms with E-state index in [4.69, 9.17) is 4.74 Å². The van der Waals surface area contributed by atoms with E-state index in [-0.39, 0.29) is 17.3 Å². The van der Waals surface area contributed by atoms with Crippen molar-refractivity contribution in [1.82, 2.24) is 13.9 Å². The van der Waals surface area contributed by atoms with Crippen LogP contribution in [0.3, 0.4) is 0 Å². The topological polar surface area (TPSA) is 93.5 Å². The fourth-order valence-electron chi connectivity index (χ4n) is 2.94. The van der Waals surface area contributed by atoms with Gasteiger partial charge in [0, 0.05) is 25.5 Å². The van der Waals surface area contributed by atoms with Crippen LogP contribution in [-0.4, -0.2) is 48.4 Å². The zero-order chi connectivity index (χ0) is 18.6. The van der Waals surface area contributed by atoms with Crippen molar-refractivity contribution in [3.63, 3.8) is 0 Å². The molecule has 1 N–H and O–H groups in total. The van der Waals surface area contributed by atoms with E-state index in [1.807, 2.05) is 0 Å². The van der Waals surface area contributed by atoms with Crippen LogP contribution in [0.4, 0.5) is 5.69 Å². The number of benzene rings is 1. The molecule has 0 saturated carbocycles. The molecule has 0 aliphatic carbocycles. The van der Waals surface area contributed by atoms with Gasteiger partial charge in [-0.15, -0.1) is 0 Å². The summed E-state index contributed by atoms with van der Waals surface area (Å²) < 4.78 is 34.1. The van der Waals surface area contributed by atoms with Gasteiger partial charge in [0.2, 0.25) is 15.9 Å². The number of hydrogen-bond donors (Lipinski definition) is 1. The molecular formula is C17H22N4O4S. The van der Waals surface area contributed by atoms with Crippen LogP contribution in [0.1, 0.15) is 19.3 Å². The molecule has 1 aromatic carbocycles. The van der Waals surface area contributed by atoms with Crippen molar-refractivity contribution in [2.45, 2.75) is 30.7 Å². The van der Waals surface area contributed by atoms with Crippen LogP contribution in [0.2, 0.25) is 0 Å². The Balaban J connectivity index is 1.82. The van der Waals surface area contributed by atoms with Crippen molar-refractivity contribution in [2.75, 3.05) is 25.5 Å². The van der Waals surface area contributed by atoms with E-state index >= 15 is 0 Å². The van der Waals surface area contributed by atoms with Crippen LogP contribution in [0, 0.1) is 0 Å². The maximum Gasteiger partial charge on any atom is 0.244 e. The summed E-state index contributed by atoms with van der Waals surface area (Å²) in [6.07, 6.45) is 7.57. The van der Waals surface area contributed by atoms with Crippen molar-refractivity contribution in [3.05, 3.63) is 36.9 Å². The molecule has 1 aliphatic heterocycles. The van der Waals surface area contributed by atoms with Crippen LogP contribution < -0.4 is 10.1 Å². The second kappa shape index (κ2) is 7.88. The van der Waals surface area contributed by atoms with Crippen LogP contribution in [0.15, 0.2) is 41.8 Å². The summed E-state index contributed by atoms with van der Waals surface area (Å²) >= 11 is 0. The molecule has 0 unspecified atom stereocenters. The van der Waals surface area contributed by atoms with Crippen LogP contribution in [0.5, 0.6) is 5.75 Å². The molecule has 140 valence electrons. The van der Waals surface area contributed by atoms with E-state index in [9.17, 15) is 13.2 Å². The molecule has 8 nitrogen and oxygen atoms in total. The Bertz CT molecular complexity index is 859. The molecule has 1 aliphatic rings. The van der Waals surface area contributed by atoms with E-state index in [0.717, 1.165) is 19.3 Å². The zero-order valence-electron chi connectivity index (χ0n) is 14.6. The minimum atomic E-state index is -3.58. The highest BCUT2D eigenvalue weighted by Gasteiger charge is 2.27. The predicted octanol–water partition coefficient (Wildman–Crippen LogP) is 1.70. The number of carbonyl (C=O) groups is 1. The first kappa shape index (κ1) is 18.4. The fourth-order valence-corrected chi connectivity index (χ4v) is 4.48. The van der Waals surface area contributed by atoms with E-state index in [0.29, 0.717) is 24.5 Å². The molecule has 0 atom stereocenters. The Morgan fingerprint density at radius 3 is 2.69 bits per heavy atom. The number of hydrogen-bond acceptors (Lipinski definition) is 5. The van der Waals surface area contributed by atoms with Crippen LogP contribution in [-0.2, 0) is 21.4 Å². The molecule has 0 bridgehead atoms. The molecule has 2 aromatic rings. The van der Waals surface area contributed by atoms with Gasteiger partial charge >= 0.3 is 0 Å². The summed E-state index contributed by atoms with van der Waals surface area (Å²) in [6, 6.07) is 4.52. The molecule has 0 radical (unpaired) electrons. The lowest BCUT2D eigenvalue weighted by atomic mass is 10.2. The lowest BCUT2D eigenvalue weighted by Crippen LogP contribution is -2.35. The number of nitrogens with one attached hydrogen (secondary N) is 1. The number of methoxy groups -OCH3 is 1.